The first-order valence-corrected chi connectivity index (χ1v) is 7.05. The summed E-state index contributed by atoms with van der Waals surface area (Å²) in [6.45, 7) is 1.97. The molecule has 0 spiro atoms. The minimum Gasteiger partial charge on any atom is -0.451 e. The molecule has 2 nitrogen and oxygen atoms in total. The topological polar surface area (TPSA) is 35.2 Å². The molecule has 0 amide bonds. The molecule has 0 heterocycles. The van der Waals surface area contributed by atoms with Crippen LogP contribution in [0, 0.1) is 11.6 Å². The lowest BCUT2D eigenvalue weighted by atomic mass is 10.0. The Bertz CT molecular complexity index is 634. The Morgan fingerprint density at radius 1 is 1.19 bits per heavy atom. The summed E-state index contributed by atoms with van der Waals surface area (Å²) in [5, 5.41) is -0.0709. The average molecular weight is 312 g/mol. The Hall–Kier alpha value is -1.65. The fourth-order valence-electron chi connectivity index (χ4n) is 1.88. The van der Waals surface area contributed by atoms with Gasteiger partial charge in [-0.15, -0.1) is 0 Å². The summed E-state index contributed by atoms with van der Waals surface area (Å²) in [5.74, 6) is -1.43. The van der Waals surface area contributed by atoms with Crippen LogP contribution in [-0.2, 0) is 6.42 Å². The Morgan fingerprint density at radius 2 is 1.95 bits per heavy atom. The van der Waals surface area contributed by atoms with E-state index in [0.29, 0.717) is 6.42 Å². The van der Waals surface area contributed by atoms with Gasteiger partial charge in [0.15, 0.2) is 23.1 Å². The maximum atomic E-state index is 14.0. The number of hydrogen-bond acceptors (Lipinski definition) is 2. The Balaban J connectivity index is 2.19. The van der Waals surface area contributed by atoms with E-state index in [2.05, 4.69) is 0 Å². The van der Waals surface area contributed by atoms with Gasteiger partial charge < -0.3 is 10.5 Å². The molecule has 1 unspecified atom stereocenters. The second-order valence-electron chi connectivity index (χ2n) is 4.79. The normalized spacial score (nSPS) is 12.2. The van der Waals surface area contributed by atoms with Crippen LogP contribution >= 0.6 is 11.6 Å². The maximum absolute atomic E-state index is 14.0. The molecule has 21 heavy (non-hydrogen) atoms. The van der Waals surface area contributed by atoms with Gasteiger partial charge in [-0.25, -0.2) is 8.78 Å². The third-order valence-electron chi connectivity index (χ3n) is 3.15. The molecule has 2 rings (SSSR count). The van der Waals surface area contributed by atoms with Crippen molar-refractivity contribution in [2.75, 3.05) is 0 Å². The van der Waals surface area contributed by atoms with Crippen LogP contribution in [0.15, 0.2) is 36.4 Å². The van der Waals surface area contributed by atoms with E-state index in [1.54, 1.807) is 6.07 Å². The first-order valence-electron chi connectivity index (χ1n) is 6.67. The molecule has 0 aliphatic heterocycles. The van der Waals surface area contributed by atoms with Gasteiger partial charge in [0.1, 0.15) is 0 Å². The molecule has 0 radical (unpaired) electrons. The second kappa shape index (κ2) is 6.87. The van der Waals surface area contributed by atoms with Crippen LogP contribution in [0.25, 0.3) is 0 Å². The van der Waals surface area contributed by atoms with E-state index < -0.39 is 11.6 Å². The summed E-state index contributed by atoms with van der Waals surface area (Å²) in [5.41, 5.74) is 6.61. The van der Waals surface area contributed by atoms with Gasteiger partial charge in [-0.05, 0) is 42.7 Å². The number of hydrogen-bond donors (Lipinski definition) is 1. The highest BCUT2D eigenvalue weighted by molar-refractivity contribution is 6.30. The Kier molecular flexibility index (Phi) is 5.15. The van der Waals surface area contributed by atoms with Gasteiger partial charge in [-0.1, -0.05) is 30.7 Å². The predicted octanol–water partition coefficient (Wildman–Crippen LogP) is 4.69. The number of benzene rings is 2. The Morgan fingerprint density at radius 3 is 2.62 bits per heavy atom. The van der Waals surface area contributed by atoms with E-state index in [-0.39, 0.29) is 22.6 Å². The van der Waals surface area contributed by atoms with Gasteiger partial charge in [-0.3, -0.25) is 0 Å². The zero-order valence-electron chi connectivity index (χ0n) is 11.6. The zero-order chi connectivity index (χ0) is 15.4. The van der Waals surface area contributed by atoms with Crippen LogP contribution in [0.2, 0.25) is 5.02 Å². The average Bonchev–Trinajstić information content (AvgIpc) is 2.46. The summed E-state index contributed by atoms with van der Waals surface area (Å²) < 4.78 is 33.0. The van der Waals surface area contributed by atoms with Crippen molar-refractivity contribution in [2.24, 2.45) is 5.73 Å². The smallest absolute Gasteiger partial charge is 0.184 e. The molecule has 1 atom stereocenters. The summed E-state index contributed by atoms with van der Waals surface area (Å²) in [7, 11) is 0. The van der Waals surface area contributed by atoms with Crippen LogP contribution in [0.4, 0.5) is 8.78 Å². The van der Waals surface area contributed by atoms with Crippen molar-refractivity contribution in [3.05, 3.63) is 58.6 Å². The lowest BCUT2D eigenvalue weighted by molar-refractivity contribution is 0.414. The van der Waals surface area contributed by atoms with Gasteiger partial charge in [0.2, 0.25) is 0 Å². The molecule has 0 aliphatic carbocycles. The molecule has 5 heteroatoms. The van der Waals surface area contributed by atoms with Gasteiger partial charge in [0, 0.05) is 6.04 Å². The van der Waals surface area contributed by atoms with E-state index in [1.807, 2.05) is 6.92 Å². The van der Waals surface area contributed by atoms with Gasteiger partial charge in [-0.2, -0.15) is 0 Å². The molecule has 0 fully saturated rings. The molecule has 0 aliphatic rings. The molecule has 0 saturated carbocycles. The van der Waals surface area contributed by atoms with Crippen LogP contribution in [0.5, 0.6) is 11.5 Å². The highest BCUT2D eigenvalue weighted by Gasteiger charge is 2.12. The minimum atomic E-state index is -0.712. The zero-order valence-corrected chi connectivity index (χ0v) is 12.3. The predicted molar refractivity (Wildman–Crippen MR) is 79.9 cm³/mol. The molecular formula is C16H16ClF2NO. The van der Waals surface area contributed by atoms with Crippen LogP contribution in [0.1, 0.15) is 18.9 Å². The van der Waals surface area contributed by atoms with Crippen molar-refractivity contribution in [1.29, 1.82) is 0 Å². The lowest BCUT2D eigenvalue weighted by Crippen LogP contribution is -2.21. The third-order valence-corrected chi connectivity index (χ3v) is 3.45. The fourth-order valence-corrected chi connectivity index (χ4v) is 2.05. The number of nitrogens with two attached hydrogens (primary N) is 1. The Labute approximate surface area is 127 Å². The summed E-state index contributed by atoms with van der Waals surface area (Å²) in [4.78, 5) is 0. The summed E-state index contributed by atoms with van der Waals surface area (Å²) in [6, 6.07) is 8.85. The number of ether oxygens (including phenoxy) is 1. The summed E-state index contributed by atoms with van der Waals surface area (Å²) in [6.07, 6.45) is 1.40. The van der Waals surface area contributed by atoms with Gasteiger partial charge in [0.05, 0.1) is 5.02 Å². The quantitative estimate of drug-likeness (QED) is 0.869. The maximum Gasteiger partial charge on any atom is 0.184 e. The van der Waals surface area contributed by atoms with E-state index in [4.69, 9.17) is 22.1 Å². The first kappa shape index (κ1) is 15.7. The molecule has 0 aromatic heterocycles. The molecule has 2 aromatic rings. The van der Waals surface area contributed by atoms with Crippen LogP contribution in [-0.4, -0.2) is 6.04 Å². The first-order chi connectivity index (χ1) is 10.0. The monoisotopic (exact) mass is 311 g/mol. The molecular weight excluding hydrogens is 296 g/mol. The van der Waals surface area contributed by atoms with Crippen LogP contribution < -0.4 is 10.5 Å². The van der Waals surface area contributed by atoms with Crippen molar-refractivity contribution in [3.63, 3.8) is 0 Å². The van der Waals surface area contributed by atoms with Crippen LogP contribution in [0.3, 0.4) is 0 Å². The standard InChI is InChI=1S/C16H16ClF2NO/c1-2-11(20)8-10-6-7-14(13(18)9-10)21-15-5-3-4-12(17)16(15)19/h3-7,9,11H,2,8,20H2,1H3. The second-order valence-corrected chi connectivity index (χ2v) is 5.20. The molecule has 0 saturated heterocycles. The highest BCUT2D eigenvalue weighted by atomic mass is 35.5. The molecule has 2 N–H and O–H groups in total. The van der Waals surface area contributed by atoms with Crippen molar-refractivity contribution in [1.82, 2.24) is 0 Å². The molecule has 2 aromatic carbocycles. The fraction of sp³-hybridized carbons (Fsp3) is 0.250. The van der Waals surface area contributed by atoms with Crippen molar-refractivity contribution < 1.29 is 13.5 Å². The minimum absolute atomic E-state index is 0.0125. The van der Waals surface area contributed by atoms with Gasteiger partial charge >= 0.3 is 0 Å². The highest BCUT2D eigenvalue weighted by Crippen LogP contribution is 2.30. The van der Waals surface area contributed by atoms with Crippen molar-refractivity contribution in [2.45, 2.75) is 25.8 Å². The molecule has 112 valence electrons. The van der Waals surface area contributed by atoms with E-state index in [0.717, 1.165) is 12.0 Å². The number of halogens is 3. The van der Waals surface area contributed by atoms with E-state index >= 15 is 0 Å². The number of rotatable bonds is 5. The van der Waals surface area contributed by atoms with E-state index in [1.165, 1.54) is 30.3 Å². The molecule has 0 bridgehead atoms. The van der Waals surface area contributed by atoms with Crippen molar-refractivity contribution >= 4 is 11.6 Å². The van der Waals surface area contributed by atoms with Crippen molar-refractivity contribution in [3.8, 4) is 11.5 Å². The third kappa shape index (κ3) is 3.93. The largest absolute Gasteiger partial charge is 0.451 e. The SMILES string of the molecule is CCC(N)Cc1ccc(Oc2cccc(Cl)c2F)c(F)c1. The van der Waals surface area contributed by atoms with Gasteiger partial charge in [0.25, 0.3) is 0 Å². The lowest BCUT2D eigenvalue weighted by Gasteiger charge is -2.11. The summed E-state index contributed by atoms with van der Waals surface area (Å²) >= 11 is 5.66. The van der Waals surface area contributed by atoms with E-state index in [9.17, 15) is 8.78 Å².